The van der Waals surface area contributed by atoms with Crippen molar-refractivity contribution in [3.8, 4) is 5.75 Å². The number of pyridine rings is 1. The third kappa shape index (κ3) is 6.11. The van der Waals surface area contributed by atoms with Gasteiger partial charge in [0, 0.05) is 26.0 Å². The second-order valence-corrected chi connectivity index (χ2v) is 8.02. The minimum Gasteiger partial charge on any atom is -0.486 e. The second kappa shape index (κ2) is 10.7. The number of nitrogens with two attached hydrogens (primary N) is 1. The van der Waals surface area contributed by atoms with Crippen molar-refractivity contribution in [2.24, 2.45) is 11.1 Å². The number of aryl methyl sites for hydroxylation is 1. The van der Waals surface area contributed by atoms with E-state index in [0.29, 0.717) is 31.0 Å². The third-order valence-corrected chi connectivity index (χ3v) is 4.71. The maximum absolute atomic E-state index is 12.9. The van der Waals surface area contributed by atoms with E-state index < -0.39 is 0 Å². The number of halogens is 2. The van der Waals surface area contributed by atoms with Gasteiger partial charge in [0.15, 0.2) is 0 Å². The lowest BCUT2D eigenvalue weighted by Crippen LogP contribution is -2.39. The molecule has 0 spiro atoms. The van der Waals surface area contributed by atoms with Crippen molar-refractivity contribution in [1.82, 2.24) is 14.3 Å². The van der Waals surface area contributed by atoms with Gasteiger partial charge in [0.2, 0.25) is 0 Å². The molecular weight excluding hydrogens is 423 g/mol. The molecule has 0 atom stereocenters. The van der Waals surface area contributed by atoms with Gasteiger partial charge in [-0.05, 0) is 42.6 Å². The fourth-order valence-electron chi connectivity index (χ4n) is 3.13. The molecule has 164 valence electrons. The molecule has 3 rings (SSSR count). The number of para-hydroxylation sites is 1. The van der Waals surface area contributed by atoms with Crippen LogP contribution in [0.1, 0.15) is 35.5 Å². The number of rotatable bonds is 7. The van der Waals surface area contributed by atoms with Crippen LogP contribution in [-0.2, 0) is 6.61 Å². The largest absolute Gasteiger partial charge is 0.486 e. The summed E-state index contributed by atoms with van der Waals surface area (Å²) in [4.78, 5) is 19.2. The normalized spacial score (nSPS) is 10.8. The second-order valence-electron chi connectivity index (χ2n) is 8.02. The van der Waals surface area contributed by atoms with Gasteiger partial charge in [-0.2, -0.15) is 0 Å². The minimum atomic E-state index is -0.144. The Balaban J connectivity index is 0.00000225. The molecule has 0 bridgehead atoms. The molecule has 1 aromatic carbocycles. The highest BCUT2D eigenvalue weighted by Gasteiger charge is 2.23. The molecule has 30 heavy (non-hydrogen) atoms. The van der Waals surface area contributed by atoms with Gasteiger partial charge in [-0.1, -0.05) is 32.0 Å². The van der Waals surface area contributed by atoms with Gasteiger partial charge in [0.1, 0.15) is 18.0 Å². The standard InChI is InChI=1S/C22H28N4O2.2ClH/c1-16-9-10-20-24-17(12-26(20)11-16)13-28-19-8-6-5-7-18(19)21(27)25(4)15-22(2,3)14-23;;/h5-12H,13-15,23H2,1-4H3;2*1H. The van der Waals surface area contributed by atoms with E-state index in [1.165, 1.54) is 0 Å². The molecule has 0 saturated carbocycles. The Morgan fingerprint density at radius 3 is 2.57 bits per heavy atom. The summed E-state index contributed by atoms with van der Waals surface area (Å²) in [5.41, 5.74) is 9.05. The van der Waals surface area contributed by atoms with Gasteiger partial charge < -0.3 is 19.8 Å². The monoisotopic (exact) mass is 452 g/mol. The van der Waals surface area contributed by atoms with Crippen LogP contribution in [0, 0.1) is 12.3 Å². The Hall–Kier alpha value is -2.28. The Morgan fingerprint density at radius 1 is 1.17 bits per heavy atom. The van der Waals surface area contributed by atoms with Gasteiger partial charge in [-0.3, -0.25) is 4.79 Å². The van der Waals surface area contributed by atoms with E-state index in [2.05, 4.69) is 4.98 Å². The van der Waals surface area contributed by atoms with Crippen molar-refractivity contribution in [1.29, 1.82) is 0 Å². The average Bonchev–Trinajstić information content (AvgIpc) is 3.07. The number of imidazole rings is 1. The lowest BCUT2D eigenvalue weighted by atomic mass is 9.93. The van der Waals surface area contributed by atoms with Crippen LogP contribution in [0.15, 0.2) is 48.8 Å². The molecule has 0 saturated heterocycles. The SMILES string of the molecule is Cc1ccc2nc(COc3ccccc3C(=O)N(C)CC(C)(C)CN)cn2c1.Cl.Cl. The van der Waals surface area contributed by atoms with Crippen LogP contribution >= 0.6 is 24.8 Å². The van der Waals surface area contributed by atoms with Crippen LogP contribution in [0.5, 0.6) is 5.75 Å². The van der Waals surface area contributed by atoms with E-state index in [0.717, 1.165) is 16.9 Å². The van der Waals surface area contributed by atoms with Crippen LogP contribution < -0.4 is 10.5 Å². The zero-order valence-corrected chi connectivity index (χ0v) is 19.4. The molecule has 2 heterocycles. The lowest BCUT2D eigenvalue weighted by Gasteiger charge is -2.29. The number of carbonyl (C=O) groups excluding carboxylic acids is 1. The first-order valence-corrected chi connectivity index (χ1v) is 9.41. The summed E-state index contributed by atoms with van der Waals surface area (Å²) in [5, 5.41) is 0. The fraction of sp³-hybridized carbons (Fsp3) is 0.364. The Bertz CT molecular complexity index is 988. The van der Waals surface area contributed by atoms with E-state index in [-0.39, 0.29) is 36.1 Å². The maximum atomic E-state index is 12.9. The third-order valence-electron chi connectivity index (χ3n) is 4.71. The summed E-state index contributed by atoms with van der Waals surface area (Å²) >= 11 is 0. The summed E-state index contributed by atoms with van der Waals surface area (Å²) in [6, 6.07) is 11.3. The van der Waals surface area contributed by atoms with E-state index >= 15 is 0 Å². The van der Waals surface area contributed by atoms with Crippen LogP contribution in [0.2, 0.25) is 0 Å². The summed E-state index contributed by atoms with van der Waals surface area (Å²) < 4.78 is 7.94. The number of hydrogen-bond acceptors (Lipinski definition) is 4. The summed E-state index contributed by atoms with van der Waals surface area (Å²) in [7, 11) is 1.79. The van der Waals surface area contributed by atoms with Gasteiger partial charge in [-0.15, -0.1) is 24.8 Å². The average molecular weight is 453 g/mol. The zero-order chi connectivity index (χ0) is 20.3. The van der Waals surface area contributed by atoms with Crippen molar-refractivity contribution in [2.75, 3.05) is 20.1 Å². The van der Waals surface area contributed by atoms with Crippen molar-refractivity contribution in [3.05, 3.63) is 65.6 Å². The Kier molecular flexibility index (Phi) is 9.15. The Morgan fingerprint density at radius 2 is 1.87 bits per heavy atom. The molecule has 0 aliphatic heterocycles. The molecule has 0 radical (unpaired) electrons. The van der Waals surface area contributed by atoms with Crippen molar-refractivity contribution >= 4 is 36.4 Å². The van der Waals surface area contributed by atoms with Crippen LogP contribution in [0.4, 0.5) is 0 Å². The number of amides is 1. The topological polar surface area (TPSA) is 72.9 Å². The molecule has 3 aromatic rings. The van der Waals surface area contributed by atoms with E-state index in [1.807, 2.05) is 67.9 Å². The first-order chi connectivity index (χ1) is 13.3. The van der Waals surface area contributed by atoms with Gasteiger partial charge in [-0.25, -0.2) is 4.98 Å². The van der Waals surface area contributed by atoms with Crippen LogP contribution in [0.25, 0.3) is 5.65 Å². The van der Waals surface area contributed by atoms with Gasteiger partial charge in [0.25, 0.3) is 5.91 Å². The minimum absolute atomic E-state index is 0. The van der Waals surface area contributed by atoms with Crippen molar-refractivity contribution in [2.45, 2.75) is 27.4 Å². The summed E-state index contributed by atoms with van der Waals surface area (Å²) in [5.74, 6) is 0.473. The molecule has 0 aliphatic carbocycles. The zero-order valence-electron chi connectivity index (χ0n) is 17.8. The quantitative estimate of drug-likeness (QED) is 0.584. The predicted octanol–water partition coefficient (Wildman–Crippen LogP) is 4.12. The highest BCUT2D eigenvalue weighted by molar-refractivity contribution is 5.96. The van der Waals surface area contributed by atoms with Crippen molar-refractivity contribution < 1.29 is 9.53 Å². The summed E-state index contributed by atoms with van der Waals surface area (Å²) in [6.45, 7) is 7.51. The van der Waals surface area contributed by atoms with Crippen molar-refractivity contribution in [3.63, 3.8) is 0 Å². The van der Waals surface area contributed by atoms with Crippen LogP contribution in [-0.4, -0.2) is 40.3 Å². The first kappa shape index (κ1) is 25.8. The number of fused-ring (bicyclic) bond motifs is 1. The number of nitrogens with zero attached hydrogens (tertiary/aromatic N) is 3. The van der Waals surface area contributed by atoms with E-state index in [1.54, 1.807) is 18.0 Å². The summed E-state index contributed by atoms with van der Waals surface area (Å²) in [6.07, 6.45) is 3.97. The van der Waals surface area contributed by atoms with Crippen LogP contribution in [0.3, 0.4) is 0 Å². The highest BCUT2D eigenvalue weighted by atomic mass is 35.5. The Labute approximate surface area is 190 Å². The van der Waals surface area contributed by atoms with Gasteiger partial charge in [0.05, 0.1) is 11.3 Å². The molecule has 2 aromatic heterocycles. The number of aromatic nitrogens is 2. The highest BCUT2D eigenvalue weighted by Crippen LogP contribution is 2.23. The molecule has 0 fully saturated rings. The molecule has 8 heteroatoms. The number of ether oxygens (including phenoxy) is 1. The van der Waals surface area contributed by atoms with E-state index in [4.69, 9.17) is 10.5 Å². The number of hydrogen-bond donors (Lipinski definition) is 1. The van der Waals surface area contributed by atoms with E-state index in [9.17, 15) is 4.79 Å². The fourth-order valence-corrected chi connectivity index (χ4v) is 3.13. The molecular formula is C22H30Cl2N4O2. The van der Waals surface area contributed by atoms with Gasteiger partial charge >= 0.3 is 0 Å². The predicted molar refractivity (Wildman–Crippen MR) is 125 cm³/mol. The lowest BCUT2D eigenvalue weighted by molar-refractivity contribution is 0.0735. The number of carbonyl (C=O) groups is 1. The number of benzene rings is 1. The molecule has 6 nitrogen and oxygen atoms in total. The molecule has 2 N–H and O–H groups in total. The maximum Gasteiger partial charge on any atom is 0.257 e. The first-order valence-electron chi connectivity index (χ1n) is 9.41. The molecule has 0 aliphatic rings. The smallest absolute Gasteiger partial charge is 0.257 e. The molecule has 1 amide bonds. The molecule has 0 unspecified atom stereocenters.